The maximum Gasteiger partial charge on any atom is -1.00 e. The third-order valence-corrected chi connectivity index (χ3v) is 27.4. The van der Waals surface area contributed by atoms with Gasteiger partial charge in [-0.3, -0.25) is 0 Å². The molecule has 0 heterocycles. The van der Waals surface area contributed by atoms with Crippen molar-refractivity contribution in [3.8, 4) is 0 Å². The van der Waals surface area contributed by atoms with Crippen LogP contribution < -0.4 is 24.8 Å². The molecule has 0 aromatic heterocycles. The van der Waals surface area contributed by atoms with E-state index in [9.17, 15) is 0 Å². The van der Waals surface area contributed by atoms with Crippen molar-refractivity contribution in [1.29, 1.82) is 0 Å². The molecule has 2 aliphatic carbocycles. The van der Waals surface area contributed by atoms with Gasteiger partial charge in [-0.25, -0.2) is 0 Å². The van der Waals surface area contributed by atoms with Crippen LogP contribution in [-0.2, 0) is 20.1 Å². The Balaban J connectivity index is 0.00000144. The zero-order valence-corrected chi connectivity index (χ0v) is 17.6. The van der Waals surface area contributed by atoms with Gasteiger partial charge in [0.2, 0.25) is 0 Å². The van der Waals surface area contributed by atoms with Gasteiger partial charge in [0.05, 0.1) is 0 Å². The van der Waals surface area contributed by atoms with Crippen LogP contribution in [-0.4, -0.2) is 5.49 Å². The van der Waals surface area contributed by atoms with Gasteiger partial charge in [-0.05, 0) is 0 Å². The molecule has 0 fully saturated rings. The van der Waals surface area contributed by atoms with E-state index >= 15 is 0 Å². The van der Waals surface area contributed by atoms with E-state index in [0.717, 1.165) is 0 Å². The summed E-state index contributed by atoms with van der Waals surface area (Å²) < 4.78 is 3.74. The fourth-order valence-electron chi connectivity index (χ4n) is 2.52. The van der Waals surface area contributed by atoms with Gasteiger partial charge in [0.25, 0.3) is 0 Å². The van der Waals surface area contributed by atoms with Crippen LogP contribution in [0.25, 0.3) is 0 Å². The van der Waals surface area contributed by atoms with E-state index in [2.05, 4.69) is 51.2 Å². The number of hydrogen-bond acceptors (Lipinski definition) is 0. The fourth-order valence-corrected chi connectivity index (χ4v) is 26.9. The summed E-state index contributed by atoms with van der Waals surface area (Å²) >= 11 is -1.58. The molecule has 0 spiro atoms. The van der Waals surface area contributed by atoms with Crippen LogP contribution >= 0.6 is 0 Å². The Morgan fingerprint density at radius 1 is 0.889 bits per heavy atom. The monoisotopic (exact) mass is 466 g/mol. The molecule has 0 atom stereocenters. The summed E-state index contributed by atoms with van der Waals surface area (Å²) in [6.45, 7) is 9.58. The van der Waals surface area contributed by atoms with Gasteiger partial charge in [0.15, 0.2) is 0 Å². The largest absolute Gasteiger partial charge is 1.00 e. The number of hydrogen-bond donors (Lipinski definition) is 0. The topological polar surface area (TPSA) is 0 Å². The molecule has 0 aromatic rings. The van der Waals surface area contributed by atoms with Crippen LogP contribution in [0.4, 0.5) is 0 Å². The molecule has 0 aliphatic heterocycles. The third-order valence-electron chi connectivity index (χ3n) is 3.23. The van der Waals surface area contributed by atoms with Crippen LogP contribution in [0, 0.1) is 0 Å². The molecule has 0 unspecified atom stereocenters. The van der Waals surface area contributed by atoms with Crippen LogP contribution in [0.3, 0.4) is 0 Å². The van der Waals surface area contributed by atoms with Gasteiger partial charge in [-0.1, -0.05) is 0 Å². The summed E-state index contributed by atoms with van der Waals surface area (Å²) in [4.78, 5) is 0. The Bertz CT molecular complexity index is 440. The zero-order chi connectivity index (χ0) is 11.7. The van der Waals surface area contributed by atoms with Crippen LogP contribution in [0.1, 0.15) is 26.7 Å². The molecule has 98 valence electrons. The molecule has 0 nitrogen and oxygen atoms in total. The van der Waals surface area contributed by atoms with Crippen molar-refractivity contribution >= 4 is 5.49 Å². The molecule has 0 saturated heterocycles. The fraction of sp³-hybridized carbons (Fsp3) is 0.429. The molecule has 18 heavy (non-hydrogen) atoms. The first-order chi connectivity index (χ1) is 7.58. The maximum absolute atomic E-state index is 2.54. The van der Waals surface area contributed by atoms with Crippen molar-refractivity contribution < 1.29 is 44.9 Å². The molecular weight excluding hydrogens is 446 g/mol. The van der Waals surface area contributed by atoms with Crippen LogP contribution in [0.15, 0.2) is 42.1 Å². The maximum atomic E-state index is 2.54. The van der Waals surface area contributed by atoms with Crippen molar-refractivity contribution in [3.05, 3.63) is 42.1 Å². The summed E-state index contributed by atoms with van der Waals surface area (Å²) in [5, 5.41) is 0. The number of halogens is 2. The molecule has 0 aromatic carbocycles. The van der Waals surface area contributed by atoms with Crippen molar-refractivity contribution in [1.82, 2.24) is 0 Å². The van der Waals surface area contributed by atoms with E-state index in [-0.39, 0.29) is 30.3 Å². The first-order valence-electron chi connectivity index (χ1n) is 6.01. The minimum atomic E-state index is -1.58. The van der Waals surface area contributed by atoms with Gasteiger partial charge >= 0.3 is 107 Å². The Kier molecular flexibility index (Phi) is 8.31. The van der Waals surface area contributed by atoms with Gasteiger partial charge in [-0.15, -0.1) is 0 Å². The van der Waals surface area contributed by atoms with E-state index < -0.39 is 20.1 Å². The van der Waals surface area contributed by atoms with Gasteiger partial charge in [-0.2, -0.15) is 0 Å². The van der Waals surface area contributed by atoms with Gasteiger partial charge < -0.3 is 24.8 Å². The molecule has 0 N–H and O–H groups in total. The standard InChI is InChI=1S/2C6H7.C2H6Si.2ClH.Hf/c2*1-6-4-2-3-5-6;1-3-2;;;/h2*4-5H,2H2,1H3;1-2H3;2*1H;/q;;;;;+2/p-2. The van der Waals surface area contributed by atoms with Crippen molar-refractivity contribution in [2.45, 2.75) is 39.8 Å². The van der Waals surface area contributed by atoms with E-state index in [4.69, 9.17) is 0 Å². The predicted molar refractivity (Wildman–Crippen MR) is 70.4 cm³/mol. The normalized spacial score (nSPS) is 16.4. The summed E-state index contributed by atoms with van der Waals surface area (Å²) in [6, 6.07) is 0. The summed E-state index contributed by atoms with van der Waals surface area (Å²) in [5.41, 5.74) is 2.93. The van der Waals surface area contributed by atoms with Crippen molar-refractivity contribution in [3.63, 3.8) is 0 Å². The quantitative estimate of drug-likeness (QED) is 0.428. The average molecular weight is 466 g/mol. The van der Waals surface area contributed by atoms with Gasteiger partial charge in [0, 0.05) is 0 Å². The summed E-state index contributed by atoms with van der Waals surface area (Å²) in [5.74, 6) is 0. The second-order valence-corrected chi connectivity index (χ2v) is 29.2. The Labute approximate surface area is 131 Å². The van der Waals surface area contributed by atoms with Crippen molar-refractivity contribution in [2.24, 2.45) is 0 Å². The number of rotatable bonds is 2. The molecule has 0 radical (unpaired) electrons. The molecule has 4 heteroatoms. The van der Waals surface area contributed by atoms with E-state index in [1.165, 1.54) is 24.0 Å². The molecule has 0 bridgehead atoms. The minimum Gasteiger partial charge on any atom is -1.00 e. The molecular formula is C14H20Cl2HfSi. The first kappa shape index (κ1) is 18.6. The van der Waals surface area contributed by atoms with Crippen LogP contribution in [0.2, 0.25) is 13.1 Å². The van der Waals surface area contributed by atoms with Crippen molar-refractivity contribution in [2.75, 3.05) is 0 Å². The van der Waals surface area contributed by atoms with Gasteiger partial charge in [0.1, 0.15) is 0 Å². The average Bonchev–Trinajstić information content (AvgIpc) is 2.76. The first-order valence-corrected chi connectivity index (χ1v) is 17.5. The van der Waals surface area contributed by atoms with Crippen LogP contribution in [0.5, 0.6) is 0 Å². The summed E-state index contributed by atoms with van der Waals surface area (Å²) in [6.07, 6.45) is 12.4. The third kappa shape index (κ3) is 4.33. The molecule has 0 saturated carbocycles. The SMILES string of the molecule is CC1=CC[C]([Hf+2]([C]2=CC(C)=CC2)=[Si](C)C)=C1.[Cl-].[Cl-]. The predicted octanol–water partition coefficient (Wildman–Crippen LogP) is -1.67. The van der Waals surface area contributed by atoms with E-state index in [1.807, 2.05) is 6.66 Å². The van der Waals surface area contributed by atoms with E-state index in [0.29, 0.717) is 0 Å². The second-order valence-electron chi connectivity index (χ2n) is 5.02. The molecule has 0 amide bonds. The summed E-state index contributed by atoms with van der Waals surface area (Å²) in [7, 11) is 0. The van der Waals surface area contributed by atoms with E-state index in [1.54, 1.807) is 0 Å². The molecule has 2 aliphatic rings. The smallest absolute Gasteiger partial charge is 1.00 e. The zero-order valence-electron chi connectivity index (χ0n) is 11.5. The molecule has 2 rings (SSSR count). The second kappa shape index (κ2) is 8.03. The Morgan fingerprint density at radius 2 is 1.28 bits per heavy atom. The Morgan fingerprint density at radius 3 is 1.50 bits per heavy atom. The Hall–Kier alpha value is 0.627. The number of allylic oxidation sites excluding steroid dienone is 8. The minimum absolute atomic E-state index is 0.